The minimum absolute atomic E-state index is 0.0965. The lowest BCUT2D eigenvalue weighted by Gasteiger charge is -2.18. The van der Waals surface area contributed by atoms with Crippen molar-refractivity contribution in [1.82, 2.24) is 0 Å². The van der Waals surface area contributed by atoms with E-state index < -0.39 is 10.3 Å². The largest absolute Gasteiger partial charge is 0.488 e. The highest BCUT2D eigenvalue weighted by atomic mass is 79.9. The molecule has 0 saturated carbocycles. The lowest BCUT2D eigenvalue weighted by Crippen LogP contribution is -2.14. The molecule has 0 aliphatic heterocycles. The summed E-state index contributed by atoms with van der Waals surface area (Å²) in [7, 11) is 0. The summed E-state index contributed by atoms with van der Waals surface area (Å²) in [4.78, 5) is 23.0. The number of nitrogens with zero attached hydrogens (tertiary/aromatic N) is 1. The third-order valence-electron chi connectivity index (χ3n) is 4.70. The van der Waals surface area contributed by atoms with Crippen LogP contribution in [0, 0.1) is 10.1 Å². The van der Waals surface area contributed by atoms with Gasteiger partial charge in [0.15, 0.2) is 0 Å². The maximum Gasteiger partial charge on any atom is 0.313 e. The summed E-state index contributed by atoms with van der Waals surface area (Å²) < 4.78 is 17.7. The number of non-ortho nitro benzene ring substituents is 1. The Morgan fingerprint density at radius 1 is 1.23 bits per heavy atom. The van der Waals surface area contributed by atoms with Crippen LogP contribution in [0.2, 0.25) is 0 Å². The normalized spacial score (nSPS) is 11.5. The van der Waals surface area contributed by atoms with Gasteiger partial charge in [-0.05, 0) is 19.1 Å². The van der Waals surface area contributed by atoms with Crippen molar-refractivity contribution in [3.05, 3.63) is 67.9 Å². The molecule has 0 aliphatic carbocycles. The van der Waals surface area contributed by atoms with Crippen LogP contribution in [0.25, 0.3) is 11.0 Å². The average molecular weight is 490 g/mol. The number of ether oxygens (including phenoxy) is 2. The first-order valence-corrected chi connectivity index (χ1v) is 10.7. The highest BCUT2D eigenvalue weighted by Gasteiger charge is 2.29. The molecule has 3 rings (SSSR count). The Balaban J connectivity index is 2.03. The van der Waals surface area contributed by atoms with Gasteiger partial charge in [0, 0.05) is 32.5 Å². The van der Waals surface area contributed by atoms with Crippen molar-refractivity contribution in [1.29, 1.82) is 0 Å². The van der Waals surface area contributed by atoms with E-state index in [-0.39, 0.29) is 30.3 Å². The second kappa shape index (κ2) is 9.09. The molecule has 0 radical (unpaired) electrons. The molecular formula is C23H24BrNO6. The number of nitro benzene ring substituents is 1. The van der Waals surface area contributed by atoms with Crippen LogP contribution in [-0.4, -0.2) is 17.5 Å². The number of hydrogen-bond donors (Lipinski definition) is 0. The summed E-state index contributed by atoms with van der Waals surface area (Å²) in [5.41, 5.74) is 1.15. The molecule has 7 nitrogen and oxygen atoms in total. The molecule has 0 saturated heterocycles. The number of rotatable bonds is 7. The molecule has 1 aromatic heterocycles. The van der Waals surface area contributed by atoms with Crippen molar-refractivity contribution in [3.63, 3.8) is 0 Å². The minimum Gasteiger partial charge on any atom is -0.488 e. The number of hydrogen-bond acceptors (Lipinski definition) is 6. The molecule has 31 heavy (non-hydrogen) atoms. The van der Waals surface area contributed by atoms with Crippen LogP contribution >= 0.6 is 15.9 Å². The molecule has 0 spiro atoms. The van der Waals surface area contributed by atoms with Crippen molar-refractivity contribution in [2.24, 2.45) is 0 Å². The zero-order valence-corrected chi connectivity index (χ0v) is 19.4. The molecule has 2 aromatic carbocycles. The van der Waals surface area contributed by atoms with Crippen molar-refractivity contribution in [2.75, 3.05) is 6.61 Å². The van der Waals surface area contributed by atoms with Crippen molar-refractivity contribution >= 4 is 38.6 Å². The highest BCUT2D eigenvalue weighted by Crippen LogP contribution is 2.40. The predicted octanol–water partition coefficient (Wildman–Crippen LogP) is 6.09. The Morgan fingerprint density at radius 3 is 2.58 bits per heavy atom. The summed E-state index contributed by atoms with van der Waals surface area (Å²) >= 11 is 3.36. The Morgan fingerprint density at radius 2 is 1.94 bits per heavy atom. The number of para-hydroxylation sites is 1. The third-order valence-corrected chi connectivity index (χ3v) is 5.16. The fraction of sp³-hybridized carbons (Fsp3) is 0.348. The van der Waals surface area contributed by atoms with Gasteiger partial charge >= 0.3 is 11.7 Å². The monoisotopic (exact) mass is 489 g/mol. The molecule has 0 fully saturated rings. The number of fused-ring (bicyclic) bond motifs is 1. The van der Waals surface area contributed by atoms with Gasteiger partial charge in [-0.1, -0.05) is 54.9 Å². The first-order valence-electron chi connectivity index (χ1n) is 9.88. The number of benzene rings is 2. The van der Waals surface area contributed by atoms with Gasteiger partial charge in [0.1, 0.15) is 18.1 Å². The zero-order chi connectivity index (χ0) is 22.8. The first-order chi connectivity index (χ1) is 14.6. The van der Waals surface area contributed by atoms with E-state index in [1.807, 2.05) is 39.0 Å². The van der Waals surface area contributed by atoms with Crippen molar-refractivity contribution in [3.8, 4) is 5.75 Å². The molecule has 0 unspecified atom stereocenters. The standard InChI is InChI=1S/C23H24BrNO6/c1-5-29-20(26)10-14-8-6-7-9-19(14)30-13-17-16-11-15(24)12-18(25(27)28)21(16)31-22(17)23(2,3)4/h6-9,11-12H,5,10,13H2,1-4H3. The molecule has 3 aromatic rings. The smallest absolute Gasteiger partial charge is 0.313 e. The number of nitro groups is 1. The quantitative estimate of drug-likeness (QED) is 0.226. The maximum atomic E-state index is 11.9. The molecule has 0 amide bonds. The van der Waals surface area contributed by atoms with E-state index in [0.717, 1.165) is 5.56 Å². The van der Waals surface area contributed by atoms with E-state index in [9.17, 15) is 14.9 Å². The van der Waals surface area contributed by atoms with Crippen LogP contribution in [0.15, 0.2) is 45.3 Å². The van der Waals surface area contributed by atoms with E-state index in [0.29, 0.717) is 33.5 Å². The average Bonchev–Trinajstić information content (AvgIpc) is 3.05. The van der Waals surface area contributed by atoms with Gasteiger partial charge in [-0.3, -0.25) is 14.9 Å². The van der Waals surface area contributed by atoms with E-state index in [1.54, 1.807) is 19.1 Å². The van der Waals surface area contributed by atoms with E-state index in [2.05, 4.69) is 15.9 Å². The third kappa shape index (κ3) is 5.07. The van der Waals surface area contributed by atoms with E-state index in [4.69, 9.17) is 13.9 Å². The van der Waals surface area contributed by atoms with Gasteiger partial charge in [-0.15, -0.1) is 0 Å². The summed E-state index contributed by atoms with van der Waals surface area (Å²) in [6, 6.07) is 10.5. The van der Waals surface area contributed by atoms with E-state index >= 15 is 0 Å². The van der Waals surface area contributed by atoms with Gasteiger partial charge in [0.25, 0.3) is 0 Å². The lowest BCUT2D eigenvalue weighted by atomic mass is 9.90. The number of esters is 1. The van der Waals surface area contributed by atoms with Gasteiger partial charge in [0.2, 0.25) is 5.58 Å². The number of halogens is 1. The van der Waals surface area contributed by atoms with Gasteiger partial charge in [-0.2, -0.15) is 0 Å². The molecule has 0 bridgehead atoms. The minimum atomic E-state index is -0.456. The van der Waals surface area contributed by atoms with Crippen molar-refractivity contribution < 1.29 is 23.6 Å². The zero-order valence-electron chi connectivity index (χ0n) is 17.9. The molecular weight excluding hydrogens is 466 g/mol. The summed E-state index contributed by atoms with van der Waals surface area (Å²) in [5.74, 6) is 0.836. The second-order valence-electron chi connectivity index (χ2n) is 8.10. The predicted molar refractivity (Wildman–Crippen MR) is 120 cm³/mol. The molecule has 164 valence electrons. The SMILES string of the molecule is CCOC(=O)Cc1ccccc1OCc1c(C(C)(C)C)oc2c([N+](=O)[O-])cc(Br)cc12. The van der Waals surface area contributed by atoms with Crippen LogP contribution in [0.1, 0.15) is 44.6 Å². The van der Waals surface area contributed by atoms with Gasteiger partial charge in [0.05, 0.1) is 18.0 Å². The molecule has 1 heterocycles. The molecule has 8 heteroatoms. The Hall–Kier alpha value is -2.87. The Kier molecular flexibility index (Phi) is 6.69. The number of carbonyl (C=O) groups is 1. The van der Waals surface area contributed by atoms with Crippen LogP contribution in [0.5, 0.6) is 5.75 Å². The van der Waals surface area contributed by atoms with Crippen LogP contribution in [0.4, 0.5) is 5.69 Å². The Bertz CT molecular complexity index is 1130. The topological polar surface area (TPSA) is 91.8 Å². The lowest BCUT2D eigenvalue weighted by molar-refractivity contribution is -0.383. The summed E-state index contributed by atoms with van der Waals surface area (Å²) in [6.45, 7) is 8.13. The fourth-order valence-electron chi connectivity index (χ4n) is 3.39. The summed E-state index contributed by atoms with van der Waals surface area (Å²) in [5, 5.41) is 12.2. The Labute approximate surface area is 188 Å². The van der Waals surface area contributed by atoms with Crippen LogP contribution in [-0.2, 0) is 28.0 Å². The van der Waals surface area contributed by atoms with E-state index in [1.165, 1.54) is 6.07 Å². The van der Waals surface area contributed by atoms with Crippen molar-refractivity contribution in [2.45, 2.75) is 46.1 Å². The van der Waals surface area contributed by atoms with Gasteiger partial charge < -0.3 is 13.9 Å². The van der Waals surface area contributed by atoms with Crippen LogP contribution in [0.3, 0.4) is 0 Å². The summed E-state index contributed by atoms with van der Waals surface area (Å²) in [6.07, 6.45) is 0.0965. The fourth-order valence-corrected chi connectivity index (χ4v) is 3.84. The van der Waals surface area contributed by atoms with Crippen LogP contribution < -0.4 is 4.74 Å². The maximum absolute atomic E-state index is 11.9. The number of furan rings is 1. The molecule has 0 N–H and O–H groups in total. The second-order valence-corrected chi connectivity index (χ2v) is 9.01. The first kappa shape index (κ1) is 22.8. The van der Waals surface area contributed by atoms with Gasteiger partial charge in [-0.25, -0.2) is 0 Å². The molecule has 0 atom stereocenters. The number of carbonyl (C=O) groups excluding carboxylic acids is 1. The highest BCUT2D eigenvalue weighted by molar-refractivity contribution is 9.10. The molecule has 0 aliphatic rings.